The van der Waals surface area contributed by atoms with Crippen LogP contribution in [0.1, 0.15) is 5.56 Å². The van der Waals surface area contributed by atoms with Gasteiger partial charge in [-0.2, -0.15) is 0 Å². The first kappa shape index (κ1) is 13.4. The van der Waals surface area contributed by atoms with Gasteiger partial charge in [-0.25, -0.2) is 0 Å². The van der Waals surface area contributed by atoms with Crippen LogP contribution in [0.5, 0.6) is 11.5 Å². The molecule has 2 rings (SSSR count). The molecule has 0 aliphatic heterocycles. The van der Waals surface area contributed by atoms with Gasteiger partial charge in [0.1, 0.15) is 18.1 Å². The highest BCUT2D eigenvalue weighted by molar-refractivity contribution is 9.10. The zero-order chi connectivity index (χ0) is 13.8. The number of hydrogen-bond donors (Lipinski definition) is 1. The Labute approximate surface area is 117 Å². The van der Waals surface area contributed by atoms with Crippen molar-refractivity contribution in [2.24, 2.45) is 0 Å². The quantitative estimate of drug-likeness (QED) is 0.688. The number of benzene rings is 2. The minimum Gasteiger partial charge on any atom is -0.508 e. The molecule has 0 amide bonds. The molecular formula is C13H10BrNO4. The van der Waals surface area contributed by atoms with Crippen LogP contribution in [0.2, 0.25) is 0 Å². The third-order valence-corrected chi connectivity index (χ3v) is 2.95. The van der Waals surface area contributed by atoms with E-state index in [4.69, 9.17) is 4.74 Å². The lowest BCUT2D eigenvalue weighted by molar-refractivity contribution is -0.385. The van der Waals surface area contributed by atoms with Crippen LogP contribution >= 0.6 is 15.9 Å². The molecule has 0 saturated heterocycles. The average molecular weight is 324 g/mol. The second kappa shape index (κ2) is 5.71. The fourth-order valence-electron chi connectivity index (χ4n) is 1.56. The van der Waals surface area contributed by atoms with E-state index in [1.807, 2.05) is 0 Å². The summed E-state index contributed by atoms with van der Waals surface area (Å²) < 4.78 is 6.06. The molecular weight excluding hydrogens is 314 g/mol. The molecule has 1 N–H and O–H groups in total. The smallest absolute Gasteiger partial charge is 0.277 e. The first-order valence-electron chi connectivity index (χ1n) is 5.41. The van der Waals surface area contributed by atoms with E-state index in [2.05, 4.69) is 15.9 Å². The van der Waals surface area contributed by atoms with E-state index in [9.17, 15) is 15.2 Å². The van der Waals surface area contributed by atoms with Gasteiger partial charge < -0.3 is 9.84 Å². The molecule has 19 heavy (non-hydrogen) atoms. The van der Waals surface area contributed by atoms with Crippen LogP contribution in [0.3, 0.4) is 0 Å². The third-order valence-electron chi connectivity index (χ3n) is 2.46. The lowest BCUT2D eigenvalue weighted by atomic mass is 10.2. The van der Waals surface area contributed by atoms with Crippen molar-refractivity contribution in [3.63, 3.8) is 0 Å². The number of nitro groups is 1. The Morgan fingerprint density at radius 2 is 2.05 bits per heavy atom. The molecule has 2 aromatic carbocycles. The van der Waals surface area contributed by atoms with Crippen molar-refractivity contribution in [3.05, 3.63) is 62.6 Å². The molecule has 0 aliphatic carbocycles. The van der Waals surface area contributed by atoms with Crippen LogP contribution in [0.25, 0.3) is 0 Å². The summed E-state index contributed by atoms with van der Waals surface area (Å²) in [5.41, 5.74) is 0.464. The van der Waals surface area contributed by atoms with E-state index in [-0.39, 0.29) is 18.0 Å². The minimum atomic E-state index is -0.452. The summed E-state index contributed by atoms with van der Waals surface area (Å²) in [6.45, 7) is 0.0625. The molecule has 2 aromatic rings. The molecule has 0 aliphatic rings. The van der Waals surface area contributed by atoms with Crippen molar-refractivity contribution in [1.29, 1.82) is 0 Å². The standard InChI is InChI=1S/C13H10BrNO4/c14-10-5-4-9(13(6-10)15(17)18)8-19-12-3-1-2-11(16)7-12/h1-7,16H,8H2. The van der Waals surface area contributed by atoms with E-state index in [1.165, 1.54) is 18.2 Å². The van der Waals surface area contributed by atoms with Crippen molar-refractivity contribution in [2.75, 3.05) is 0 Å². The second-order valence-corrected chi connectivity index (χ2v) is 4.73. The SMILES string of the molecule is O=[N+]([O-])c1cc(Br)ccc1COc1cccc(O)c1. The van der Waals surface area contributed by atoms with Gasteiger partial charge in [0.05, 0.1) is 10.5 Å². The van der Waals surface area contributed by atoms with Gasteiger partial charge in [0.15, 0.2) is 0 Å². The predicted octanol–water partition coefficient (Wildman–Crippen LogP) is 3.64. The number of ether oxygens (including phenoxy) is 1. The van der Waals surface area contributed by atoms with Crippen molar-refractivity contribution in [3.8, 4) is 11.5 Å². The largest absolute Gasteiger partial charge is 0.508 e. The third kappa shape index (κ3) is 3.45. The van der Waals surface area contributed by atoms with Crippen LogP contribution in [0.15, 0.2) is 46.9 Å². The van der Waals surface area contributed by atoms with Crippen molar-refractivity contribution in [1.82, 2.24) is 0 Å². The van der Waals surface area contributed by atoms with Crippen LogP contribution < -0.4 is 4.74 Å². The summed E-state index contributed by atoms with van der Waals surface area (Å²) in [4.78, 5) is 10.5. The average Bonchev–Trinajstić information content (AvgIpc) is 2.37. The second-order valence-electron chi connectivity index (χ2n) is 3.82. The Kier molecular flexibility index (Phi) is 4.01. The number of nitrogens with zero attached hydrogens (tertiary/aromatic N) is 1. The summed E-state index contributed by atoms with van der Waals surface area (Å²) in [7, 11) is 0. The maximum absolute atomic E-state index is 10.9. The van der Waals surface area contributed by atoms with E-state index < -0.39 is 4.92 Å². The maximum Gasteiger partial charge on any atom is 0.277 e. The number of halogens is 1. The molecule has 0 heterocycles. The van der Waals surface area contributed by atoms with Crippen LogP contribution in [-0.2, 0) is 6.61 Å². The lowest BCUT2D eigenvalue weighted by Crippen LogP contribution is -2.00. The zero-order valence-corrected chi connectivity index (χ0v) is 11.3. The van der Waals surface area contributed by atoms with Gasteiger partial charge in [0.2, 0.25) is 0 Å². The first-order valence-corrected chi connectivity index (χ1v) is 6.20. The summed E-state index contributed by atoms with van der Waals surface area (Å²) in [5.74, 6) is 0.542. The molecule has 0 radical (unpaired) electrons. The van der Waals surface area contributed by atoms with E-state index >= 15 is 0 Å². The number of aromatic hydroxyl groups is 1. The first-order chi connectivity index (χ1) is 9.06. The van der Waals surface area contributed by atoms with Gasteiger partial charge in [-0.3, -0.25) is 10.1 Å². The van der Waals surface area contributed by atoms with Crippen molar-refractivity contribution >= 4 is 21.6 Å². The number of nitro benzene ring substituents is 1. The van der Waals surface area contributed by atoms with Gasteiger partial charge in [-0.15, -0.1) is 0 Å². The predicted molar refractivity (Wildman–Crippen MR) is 73.2 cm³/mol. The van der Waals surface area contributed by atoms with Crippen LogP contribution in [0, 0.1) is 10.1 Å². The molecule has 0 aromatic heterocycles. The van der Waals surface area contributed by atoms with Gasteiger partial charge in [-0.1, -0.05) is 22.0 Å². The molecule has 0 saturated carbocycles. The van der Waals surface area contributed by atoms with Gasteiger partial charge >= 0.3 is 0 Å². The Morgan fingerprint density at radius 3 is 2.74 bits per heavy atom. The summed E-state index contributed by atoms with van der Waals surface area (Å²) >= 11 is 3.19. The summed E-state index contributed by atoms with van der Waals surface area (Å²) in [6.07, 6.45) is 0. The number of hydrogen-bond acceptors (Lipinski definition) is 4. The molecule has 0 fully saturated rings. The molecule has 6 heteroatoms. The minimum absolute atomic E-state index is 0.00507. The highest BCUT2D eigenvalue weighted by Crippen LogP contribution is 2.25. The molecule has 0 atom stereocenters. The topological polar surface area (TPSA) is 72.6 Å². The maximum atomic E-state index is 10.9. The zero-order valence-electron chi connectivity index (χ0n) is 9.75. The Morgan fingerprint density at radius 1 is 1.26 bits per heavy atom. The number of phenolic OH excluding ortho intramolecular Hbond substituents is 1. The Balaban J connectivity index is 2.17. The van der Waals surface area contributed by atoms with E-state index in [1.54, 1.807) is 24.3 Å². The molecule has 5 nitrogen and oxygen atoms in total. The number of rotatable bonds is 4. The normalized spacial score (nSPS) is 10.2. The number of phenols is 1. The van der Waals surface area contributed by atoms with Gasteiger partial charge in [0, 0.05) is 16.6 Å². The van der Waals surface area contributed by atoms with E-state index in [0.29, 0.717) is 15.8 Å². The molecule has 0 spiro atoms. The molecule has 0 bridgehead atoms. The van der Waals surface area contributed by atoms with Gasteiger partial charge in [0.25, 0.3) is 5.69 Å². The van der Waals surface area contributed by atoms with Crippen LogP contribution in [0.4, 0.5) is 5.69 Å². The fraction of sp³-hybridized carbons (Fsp3) is 0.0769. The Bertz CT molecular complexity index is 615. The van der Waals surface area contributed by atoms with E-state index in [0.717, 1.165) is 0 Å². The lowest BCUT2D eigenvalue weighted by Gasteiger charge is -2.07. The summed E-state index contributed by atoms with van der Waals surface area (Å²) in [5, 5.41) is 20.2. The molecule has 98 valence electrons. The van der Waals surface area contributed by atoms with Gasteiger partial charge in [-0.05, 0) is 24.3 Å². The van der Waals surface area contributed by atoms with Crippen molar-refractivity contribution < 1.29 is 14.8 Å². The Hall–Kier alpha value is -2.08. The monoisotopic (exact) mass is 323 g/mol. The van der Waals surface area contributed by atoms with Crippen molar-refractivity contribution in [2.45, 2.75) is 6.61 Å². The fourth-order valence-corrected chi connectivity index (χ4v) is 1.91. The molecule has 0 unspecified atom stereocenters. The highest BCUT2D eigenvalue weighted by atomic mass is 79.9. The summed E-state index contributed by atoms with van der Waals surface area (Å²) in [6, 6.07) is 11.1. The van der Waals surface area contributed by atoms with Crippen LogP contribution in [-0.4, -0.2) is 10.0 Å². The highest BCUT2D eigenvalue weighted by Gasteiger charge is 2.14.